The molecule has 3 N–H and O–H groups in total. The minimum atomic E-state index is -3.15. The highest BCUT2D eigenvalue weighted by Crippen LogP contribution is 2.48. The third-order valence-corrected chi connectivity index (χ3v) is 6.53. The number of aliphatic imine (C=N–C) groups is 1. The average molecular weight is 490 g/mol. The normalized spacial score (nSPS) is 22.7. The molecule has 0 radical (unpaired) electrons. The van der Waals surface area contributed by atoms with Crippen LogP contribution in [0.1, 0.15) is 47.0 Å². The predicted octanol–water partition coefficient (Wildman–Crippen LogP) is 1.69. The maximum absolute atomic E-state index is 11.4. The maximum Gasteiger partial charge on any atom is 0.211 e. The molecule has 1 aliphatic rings. The van der Waals surface area contributed by atoms with Crippen molar-refractivity contribution in [3.63, 3.8) is 0 Å². The lowest BCUT2D eigenvalue weighted by atomic mass is 9.58. The third kappa shape index (κ3) is 6.51. The Morgan fingerprint density at radius 1 is 1.20 bits per heavy atom. The Hall–Kier alpha value is -0.130. The minimum Gasteiger partial charge on any atom is -0.378 e. The van der Waals surface area contributed by atoms with E-state index in [0.29, 0.717) is 31.2 Å². The number of rotatable bonds is 10. The van der Waals surface area contributed by atoms with E-state index in [2.05, 4.69) is 34.2 Å². The fourth-order valence-electron chi connectivity index (χ4n) is 3.43. The van der Waals surface area contributed by atoms with Gasteiger partial charge in [-0.05, 0) is 33.1 Å². The monoisotopic (exact) mass is 490 g/mol. The Balaban J connectivity index is 0.00000576. The summed E-state index contributed by atoms with van der Waals surface area (Å²) in [5.74, 6) is 0.799. The summed E-state index contributed by atoms with van der Waals surface area (Å²) in [6.07, 6.45) is 3.38. The van der Waals surface area contributed by atoms with E-state index in [0.717, 1.165) is 25.9 Å². The summed E-state index contributed by atoms with van der Waals surface area (Å²) >= 11 is 0. The minimum absolute atomic E-state index is 0. The molecule has 0 spiro atoms. The number of sulfonamides is 1. The molecular weight excluding hydrogens is 455 g/mol. The van der Waals surface area contributed by atoms with Gasteiger partial charge in [-0.25, -0.2) is 13.1 Å². The zero-order valence-corrected chi connectivity index (χ0v) is 19.2. The number of nitrogens with zero attached hydrogens (tertiary/aromatic N) is 1. The molecule has 0 aliphatic heterocycles. The van der Waals surface area contributed by atoms with Gasteiger partial charge in [-0.1, -0.05) is 13.8 Å². The molecule has 1 rings (SSSR count). The van der Waals surface area contributed by atoms with Crippen LogP contribution in [0.4, 0.5) is 0 Å². The van der Waals surface area contributed by atoms with Gasteiger partial charge in [-0.3, -0.25) is 4.99 Å². The quantitative estimate of drug-likeness (QED) is 0.188. The van der Waals surface area contributed by atoms with Crippen molar-refractivity contribution in [2.75, 3.05) is 32.5 Å². The van der Waals surface area contributed by atoms with Gasteiger partial charge in [0.15, 0.2) is 5.96 Å². The first kappa shape index (κ1) is 24.9. The first-order valence-corrected chi connectivity index (χ1v) is 10.6. The first-order chi connectivity index (χ1) is 11.4. The van der Waals surface area contributed by atoms with Gasteiger partial charge in [-0.15, -0.1) is 24.0 Å². The molecule has 0 bridgehead atoms. The SMILES string of the molecule is CCOC1CC(NC(=NC)NCCNS(=O)(=O)CC)C1(CC)CC.I. The molecule has 1 aliphatic carbocycles. The van der Waals surface area contributed by atoms with Crippen LogP contribution in [-0.4, -0.2) is 59.0 Å². The molecule has 2 unspecified atom stereocenters. The average Bonchev–Trinajstić information content (AvgIpc) is 2.57. The summed E-state index contributed by atoms with van der Waals surface area (Å²) in [6, 6.07) is 0.322. The molecule has 9 heteroatoms. The molecule has 0 aromatic rings. The smallest absolute Gasteiger partial charge is 0.211 e. The van der Waals surface area contributed by atoms with Gasteiger partial charge >= 0.3 is 0 Å². The number of hydrogen-bond donors (Lipinski definition) is 3. The van der Waals surface area contributed by atoms with Crippen molar-refractivity contribution in [2.45, 2.75) is 59.1 Å². The molecule has 150 valence electrons. The summed E-state index contributed by atoms with van der Waals surface area (Å²) in [5, 5.41) is 6.65. The van der Waals surface area contributed by atoms with E-state index in [1.807, 2.05) is 6.92 Å². The predicted molar refractivity (Wildman–Crippen MR) is 114 cm³/mol. The topological polar surface area (TPSA) is 91.8 Å². The van der Waals surface area contributed by atoms with Crippen LogP contribution in [0.5, 0.6) is 0 Å². The van der Waals surface area contributed by atoms with Crippen molar-refractivity contribution in [1.29, 1.82) is 0 Å². The molecule has 25 heavy (non-hydrogen) atoms. The van der Waals surface area contributed by atoms with Gasteiger partial charge in [0.1, 0.15) is 0 Å². The summed E-state index contributed by atoms with van der Waals surface area (Å²) in [6.45, 7) is 9.65. The molecule has 1 saturated carbocycles. The van der Waals surface area contributed by atoms with Gasteiger partial charge in [0.2, 0.25) is 10.0 Å². The Labute approximate surface area is 170 Å². The van der Waals surface area contributed by atoms with E-state index in [1.165, 1.54) is 0 Å². The highest BCUT2D eigenvalue weighted by Gasteiger charge is 2.53. The second-order valence-corrected chi connectivity index (χ2v) is 8.21. The second kappa shape index (κ2) is 11.6. The molecule has 0 aromatic heterocycles. The van der Waals surface area contributed by atoms with Crippen molar-refractivity contribution < 1.29 is 13.2 Å². The van der Waals surface area contributed by atoms with E-state index in [4.69, 9.17) is 4.74 Å². The molecule has 0 saturated heterocycles. The number of hydrogen-bond acceptors (Lipinski definition) is 4. The summed E-state index contributed by atoms with van der Waals surface area (Å²) in [5.41, 5.74) is 0.136. The summed E-state index contributed by atoms with van der Waals surface area (Å²) in [4.78, 5) is 4.25. The van der Waals surface area contributed by atoms with Crippen molar-refractivity contribution in [3.05, 3.63) is 0 Å². The van der Waals surface area contributed by atoms with Crippen molar-refractivity contribution in [3.8, 4) is 0 Å². The van der Waals surface area contributed by atoms with E-state index in [-0.39, 0.29) is 35.1 Å². The molecule has 0 amide bonds. The van der Waals surface area contributed by atoms with Crippen LogP contribution in [0.15, 0.2) is 4.99 Å². The van der Waals surface area contributed by atoms with Crippen LogP contribution in [-0.2, 0) is 14.8 Å². The highest BCUT2D eigenvalue weighted by molar-refractivity contribution is 14.0. The molecule has 0 heterocycles. The fraction of sp³-hybridized carbons (Fsp3) is 0.938. The lowest BCUT2D eigenvalue weighted by Gasteiger charge is -2.55. The Kier molecular flexibility index (Phi) is 11.5. The molecule has 0 aromatic carbocycles. The van der Waals surface area contributed by atoms with E-state index < -0.39 is 10.0 Å². The molecule has 2 atom stereocenters. The number of guanidine groups is 1. The van der Waals surface area contributed by atoms with Gasteiger partial charge < -0.3 is 15.4 Å². The van der Waals surface area contributed by atoms with E-state index in [9.17, 15) is 8.42 Å². The van der Waals surface area contributed by atoms with Crippen LogP contribution < -0.4 is 15.4 Å². The Morgan fingerprint density at radius 3 is 2.32 bits per heavy atom. The fourth-order valence-corrected chi connectivity index (χ4v) is 4.05. The lowest BCUT2D eigenvalue weighted by Crippen LogP contribution is -2.65. The molecule has 1 fully saturated rings. The van der Waals surface area contributed by atoms with Crippen molar-refractivity contribution in [1.82, 2.24) is 15.4 Å². The van der Waals surface area contributed by atoms with E-state index >= 15 is 0 Å². The maximum atomic E-state index is 11.4. The van der Waals surface area contributed by atoms with Gasteiger partial charge in [0.05, 0.1) is 11.9 Å². The van der Waals surface area contributed by atoms with Gasteiger partial charge in [0.25, 0.3) is 0 Å². The van der Waals surface area contributed by atoms with Crippen LogP contribution in [0, 0.1) is 5.41 Å². The number of ether oxygens (including phenoxy) is 1. The Morgan fingerprint density at radius 2 is 1.84 bits per heavy atom. The van der Waals surface area contributed by atoms with Gasteiger partial charge in [-0.2, -0.15) is 0 Å². The number of halogens is 1. The lowest BCUT2D eigenvalue weighted by molar-refractivity contribution is -0.133. The van der Waals surface area contributed by atoms with Crippen LogP contribution in [0.25, 0.3) is 0 Å². The van der Waals surface area contributed by atoms with Crippen molar-refractivity contribution >= 4 is 40.0 Å². The van der Waals surface area contributed by atoms with E-state index in [1.54, 1.807) is 14.0 Å². The highest BCUT2D eigenvalue weighted by atomic mass is 127. The zero-order valence-electron chi connectivity index (χ0n) is 16.1. The second-order valence-electron chi connectivity index (χ2n) is 6.11. The standard InChI is InChI=1S/C16H34N4O3S.HI/c1-6-16(7-2)13(12-14(16)23-8-3)20-15(17-5)18-10-11-19-24(21,22)9-4;/h13-14,19H,6-12H2,1-5H3,(H2,17,18,20);1H. The first-order valence-electron chi connectivity index (χ1n) is 8.95. The number of nitrogens with one attached hydrogen (secondary N) is 3. The van der Waals surface area contributed by atoms with Crippen LogP contribution in [0.2, 0.25) is 0 Å². The molecule has 7 nitrogen and oxygen atoms in total. The van der Waals surface area contributed by atoms with Crippen LogP contribution >= 0.6 is 24.0 Å². The van der Waals surface area contributed by atoms with Crippen molar-refractivity contribution in [2.24, 2.45) is 10.4 Å². The van der Waals surface area contributed by atoms with Gasteiger partial charge in [0, 0.05) is 38.2 Å². The summed E-state index contributed by atoms with van der Waals surface area (Å²) < 4.78 is 31.2. The van der Waals surface area contributed by atoms with Crippen LogP contribution in [0.3, 0.4) is 0 Å². The summed E-state index contributed by atoms with van der Waals surface area (Å²) in [7, 11) is -1.42. The zero-order chi connectivity index (χ0) is 18.2. The third-order valence-electron chi connectivity index (χ3n) is 5.12. The largest absolute Gasteiger partial charge is 0.378 e. The Bertz CT molecular complexity index is 510. The molecular formula is C16H35IN4O3S.